The van der Waals surface area contributed by atoms with E-state index < -0.39 is 10.0 Å². The van der Waals surface area contributed by atoms with Crippen LogP contribution in [0.15, 0.2) is 53.7 Å². The highest BCUT2D eigenvalue weighted by Gasteiger charge is 2.20. The SMILES string of the molecule is COc1cc(C)c(C)cc1S(=O)(=O)NCCn1ccc(-c2ccccn2)n1. The zero-order valence-electron chi connectivity index (χ0n) is 15.5. The molecule has 0 aliphatic carbocycles. The maximum Gasteiger partial charge on any atom is 0.244 e. The van der Waals surface area contributed by atoms with Crippen LogP contribution >= 0.6 is 0 Å². The number of aryl methyl sites for hydroxylation is 2. The fraction of sp³-hybridized carbons (Fsp3) is 0.263. The van der Waals surface area contributed by atoms with E-state index in [1.807, 2.05) is 38.1 Å². The monoisotopic (exact) mass is 386 g/mol. The van der Waals surface area contributed by atoms with Crippen LogP contribution in [0.1, 0.15) is 11.1 Å². The minimum atomic E-state index is -3.69. The van der Waals surface area contributed by atoms with Gasteiger partial charge in [0.2, 0.25) is 10.0 Å². The number of aromatic nitrogens is 3. The van der Waals surface area contributed by atoms with Gasteiger partial charge in [-0.15, -0.1) is 0 Å². The number of pyridine rings is 1. The van der Waals surface area contributed by atoms with Crippen molar-refractivity contribution in [3.63, 3.8) is 0 Å². The largest absolute Gasteiger partial charge is 0.495 e. The lowest BCUT2D eigenvalue weighted by Gasteiger charge is -2.13. The summed E-state index contributed by atoms with van der Waals surface area (Å²) < 4.78 is 34.9. The predicted molar refractivity (Wildman–Crippen MR) is 103 cm³/mol. The van der Waals surface area contributed by atoms with Gasteiger partial charge in [-0.05, 0) is 55.3 Å². The minimum Gasteiger partial charge on any atom is -0.495 e. The summed E-state index contributed by atoms with van der Waals surface area (Å²) in [6.07, 6.45) is 3.51. The topological polar surface area (TPSA) is 86.1 Å². The molecule has 0 atom stereocenters. The number of sulfonamides is 1. The molecule has 142 valence electrons. The molecular formula is C19H22N4O3S. The van der Waals surface area contributed by atoms with E-state index in [9.17, 15) is 8.42 Å². The Morgan fingerprint density at radius 1 is 1.11 bits per heavy atom. The van der Waals surface area contributed by atoms with Gasteiger partial charge in [-0.3, -0.25) is 9.67 Å². The third-order valence-corrected chi connectivity index (χ3v) is 5.75. The normalized spacial score (nSPS) is 11.5. The molecule has 1 aromatic carbocycles. The number of ether oxygens (including phenoxy) is 1. The number of methoxy groups -OCH3 is 1. The standard InChI is InChI=1S/C19H22N4O3S/c1-14-12-18(26-3)19(13-15(14)2)27(24,25)21-9-11-23-10-7-17(22-23)16-6-4-5-8-20-16/h4-8,10,12-13,21H,9,11H2,1-3H3. The molecule has 0 radical (unpaired) electrons. The summed E-state index contributed by atoms with van der Waals surface area (Å²) in [7, 11) is -2.22. The van der Waals surface area contributed by atoms with Gasteiger partial charge in [0, 0.05) is 18.9 Å². The first-order valence-electron chi connectivity index (χ1n) is 8.50. The molecule has 0 bridgehead atoms. The molecule has 3 rings (SSSR count). The first-order chi connectivity index (χ1) is 12.9. The molecule has 0 saturated heterocycles. The van der Waals surface area contributed by atoms with E-state index in [0.29, 0.717) is 12.3 Å². The molecule has 0 fully saturated rings. The predicted octanol–water partition coefficient (Wildman–Crippen LogP) is 2.55. The van der Waals surface area contributed by atoms with E-state index >= 15 is 0 Å². The molecule has 0 aliphatic heterocycles. The van der Waals surface area contributed by atoms with Gasteiger partial charge in [0.25, 0.3) is 0 Å². The fourth-order valence-electron chi connectivity index (χ4n) is 2.64. The van der Waals surface area contributed by atoms with E-state index in [2.05, 4.69) is 14.8 Å². The summed E-state index contributed by atoms with van der Waals surface area (Å²) in [4.78, 5) is 4.40. The van der Waals surface area contributed by atoms with Gasteiger partial charge < -0.3 is 4.74 Å². The Morgan fingerprint density at radius 2 is 1.89 bits per heavy atom. The van der Waals surface area contributed by atoms with Crippen LogP contribution in [0.4, 0.5) is 0 Å². The van der Waals surface area contributed by atoms with E-state index in [1.165, 1.54) is 7.11 Å². The molecule has 7 nitrogen and oxygen atoms in total. The van der Waals surface area contributed by atoms with Crippen LogP contribution in [0.5, 0.6) is 5.75 Å². The van der Waals surface area contributed by atoms with Crippen molar-refractivity contribution in [1.29, 1.82) is 0 Å². The van der Waals surface area contributed by atoms with E-state index in [4.69, 9.17) is 4.74 Å². The molecule has 0 amide bonds. The Kier molecular flexibility index (Phi) is 5.57. The van der Waals surface area contributed by atoms with Gasteiger partial charge in [0.1, 0.15) is 16.3 Å². The number of nitrogens with zero attached hydrogens (tertiary/aromatic N) is 3. The molecule has 0 saturated carbocycles. The van der Waals surface area contributed by atoms with Crippen molar-refractivity contribution in [2.75, 3.05) is 13.7 Å². The first kappa shape index (κ1) is 19.1. The maximum atomic E-state index is 12.7. The molecule has 0 spiro atoms. The Hall–Kier alpha value is -2.71. The zero-order valence-corrected chi connectivity index (χ0v) is 16.3. The molecular weight excluding hydrogens is 364 g/mol. The highest BCUT2D eigenvalue weighted by atomic mass is 32.2. The van der Waals surface area contributed by atoms with Crippen molar-refractivity contribution in [3.8, 4) is 17.1 Å². The molecule has 3 aromatic rings. The lowest BCUT2D eigenvalue weighted by atomic mass is 10.1. The molecule has 0 aliphatic rings. The van der Waals surface area contributed by atoms with Gasteiger partial charge in [-0.1, -0.05) is 6.07 Å². The third kappa shape index (κ3) is 4.35. The highest BCUT2D eigenvalue weighted by molar-refractivity contribution is 7.89. The average Bonchev–Trinajstić information content (AvgIpc) is 3.13. The second kappa shape index (κ2) is 7.89. The summed E-state index contributed by atoms with van der Waals surface area (Å²) in [6, 6.07) is 10.8. The van der Waals surface area contributed by atoms with Crippen LogP contribution in [-0.4, -0.2) is 36.8 Å². The lowest BCUT2D eigenvalue weighted by molar-refractivity contribution is 0.401. The molecule has 2 heterocycles. The van der Waals surface area contributed by atoms with Crippen molar-refractivity contribution in [2.45, 2.75) is 25.3 Å². The van der Waals surface area contributed by atoms with Crippen LogP contribution in [0.25, 0.3) is 11.4 Å². The number of hydrogen-bond donors (Lipinski definition) is 1. The van der Waals surface area contributed by atoms with Gasteiger partial charge in [0.05, 0.1) is 19.3 Å². The van der Waals surface area contributed by atoms with Gasteiger partial charge in [0.15, 0.2) is 0 Å². The Labute approximate surface area is 159 Å². The van der Waals surface area contributed by atoms with Crippen molar-refractivity contribution in [2.24, 2.45) is 0 Å². The van der Waals surface area contributed by atoms with E-state index in [-0.39, 0.29) is 11.4 Å². The van der Waals surface area contributed by atoms with Crippen molar-refractivity contribution in [3.05, 3.63) is 59.9 Å². The quantitative estimate of drug-likeness (QED) is 0.674. The summed E-state index contributed by atoms with van der Waals surface area (Å²) in [5, 5.41) is 4.43. The Bertz CT molecular complexity index is 1030. The molecule has 2 aromatic heterocycles. The summed E-state index contributed by atoms with van der Waals surface area (Å²) in [5.41, 5.74) is 3.39. The second-order valence-electron chi connectivity index (χ2n) is 6.16. The zero-order chi connectivity index (χ0) is 19.4. The highest BCUT2D eigenvalue weighted by Crippen LogP contribution is 2.27. The first-order valence-corrected chi connectivity index (χ1v) is 9.99. The smallest absolute Gasteiger partial charge is 0.244 e. The average molecular weight is 386 g/mol. The number of hydrogen-bond acceptors (Lipinski definition) is 5. The van der Waals surface area contributed by atoms with Gasteiger partial charge in [-0.2, -0.15) is 5.10 Å². The Morgan fingerprint density at radius 3 is 2.59 bits per heavy atom. The fourth-order valence-corrected chi connectivity index (χ4v) is 3.90. The number of rotatable bonds is 7. The molecule has 1 N–H and O–H groups in total. The third-order valence-electron chi connectivity index (χ3n) is 4.27. The maximum absolute atomic E-state index is 12.7. The van der Waals surface area contributed by atoms with Crippen LogP contribution < -0.4 is 9.46 Å². The van der Waals surface area contributed by atoms with Crippen LogP contribution in [-0.2, 0) is 16.6 Å². The van der Waals surface area contributed by atoms with E-state index in [1.54, 1.807) is 29.2 Å². The van der Waals surface area contributed by atoms with Crippen molar-refractivity contribution < 1.29 is 13.2 Å². The number of nitrogens with one attached hydrogen (secondary N) is 1. The molecule has 0 unspecified atom stereocenters. The van der Waals surface area contributed by atoms with Gasteiger partial charge >= 0.3 is 0 Å². The van der Waals surface area contributed by atoms with Crippen LogP contribution in [0, 0.1) is 13.8 Å². The Balaban J connectivity index is 1.69. The molecule has 8 heteroatoms. The number of benzene rings is 1. The second-order valence-corrected chi connectivity index (χ2v) is 7.90. The lowest BCUT2D eigenvalue weighted by Crippen LogP contribution is -2.28. The van der Waals surface area contributed by atoms with Crippen molar-refractivity contribution in [1.82, 2.24) is 19.5 Å². The van der Waals surface area contributed by atoms with Gasteiger partial charge in [-0.25, -0.2) is 13.1 Å². The van der Waals surface area contributed by atoms with Crippen LogP contribution in [0.3, 0.4) is 0 Å². The van der Waals surface area contributed by atoms with E-state index in [0.717, 1.165) is 22.5 Å². The molecule has 27 heavy (non-hydrogen) atoms. The summed E-state index contributed by atoms with van der Waals surface area (Å²) >= 11 is 0. The van der Waals surface area contributed by atoms with Crippen LogP contribution in [0.2, 0.25) is 0 Å². The van der Waals surface area contributed by atoms with Crippen molar-refractivity contribution >= 4 is 10.0 Å². The summed E-state index contributed by atoms with van der Waals surface area (Å²) in [5.74, 6) is 0.335. The summed E-state index contributed by atoms with van der Waals surface area (Å²) in [6.45, 7) is 4.40. The minimum absolute atomic E-state index is 0.141.